The number of anilines is 1. The molecule has 0 amide bonds. The molecule has 1 heterocycles. The Morgan fingerprint density at radius 1 is 1.19 bits per heavy atom. The summed E-state index contributed by atoms with van der Waals surface area (Å²) in [5, 5.41) is 9.02. The van der Waals surface area contributed by atoms with E-state index in [0.29, 0.717) is 23.5 Å². The van der Waals surface area contributed by atoms with Crippen LogP contribution in [0.1, 0.15) is 16.7 Å². The van der Waals surface area contributed by atoms with Crippen molar-refractivity contribution in [2.24, 2.45) is 0 Å². The summed E-state index contributed by atoms with van der Waals surface area (Å²) >= 11 is 0. The fourth-order valence-corrected chi connectivity index (χ4v) is 1.94. The largest absolute Gasteiger partial charge is 0.416 e. The highest BCUT2D eigenvalue weighted by Gasteiger charge is 2.29. The van der Waals surface area contributed by atoms with Crippen LogP contribution >= 0.6 is 0 Å². The second kappa shape index (κ2) is 5.83. The Morgan fingerprint density at radius 3 is 2.43 bits per heavy atom. The van der Waals surface area contributed by atoms with Gasteiger partial charge in [0.15, 0.2) is 0 Å². The average Bonchev–Trinajstić information content (AvgIpc) is 2.46. The van der Waals surface area contributed by atoms with Crippen LogP contribution in [-0.2, 0) is 12.7 Å². The van der Waals surface area contributed by atoms with Crippen molar-refractivity contribution in [3.8, 4) is 6.07 Å². The number of halogens is 3. The first-order valence-electron chi connectivity index (χ1n) is 6.14. The van der Waals surface area contributed by atoms with E-state index in [9.17, 15) is 13.2 Å². The summed E-state index contributed by atoms with van der Waals surface area (Å²) in [7, 11) is 1.74. The lowest BCUT2D eigenvalue weighted by Crippen LogP contribution is -2.19. The lowest BCUT2D eigenvalue weighted by molar-refractivity contribution is -0.137. The van der Waals surface area contributed by atoms with Crippen LogP contribution < -0.4 is 4.90 Å². The van der Waals surface area contributed by atoms with E-state index in [2.05, 4.69) is 4.98 Å². The van der Waals surface area contributed by atoms with Gasteiger partial charge < -0.3 is 4.90 Å². The molecule has 0 unspecified atom stereocenters. The molecule has 0 atom stereocenters. The van der Waals surface area contributed by atoms with E-state index in [1.807, 2.05) is 6.07 Å². The smallest absolute Gasteiger partial charge is 0.354 e. The summed E-state index contributed by atoms with van der Waals surface area (Å²) < 4.78 is 37.5. The molecule has 6 heteroatoms. The van der Waals surface area contributed by atoms with E-state index in [0.717, 1.165) is 12.1 Å². The molecule has 0 saturated heterocycles. The molecule has 2 aromatic rings. The summed E-state index contributed by atoms with van der Waals surface area (Å²) in [6.45, 7) is 0.365. The fourth-order valence-electron chi connectivity index (χ4n) is 1.94. The Hall–Kier alpha value is -2.55. The predicted molar refractivity (Wildman–Crippen MR) is 72.5 cm³/mol. The summed E-state index contributed by atoms with van der Waals surface area (Å²) in [6, 6.07) is 10.3. The van der Waals surface area contributed by atoms with Gasteiger partial charge in [0.1, 0.15) is 11.9 Å². The van der Waals surface area contributed by atoms with Gasteiger partial charge in [0.2, 0.25) is 0 Å². The molecule has 0 aliphatic heterocycles. The van der Waals surface area contributed by atoms with Crippen LogP contribution in [0.15, 0.2) is 42.6 Å². The topological polar surface area (TPSA) is 39.9 Å². The maximum atomic E-state index is 12.5. The third-order valence-corrected chi connectivity index (χ3v) is 2.97. The minimum absolute atomic E-state index is 0.365. The first-order valence-corrected chi connectivity index (χ1v) is 6.14. The molecule has 0 aliphatic carbocycles. The molecule has 1 aromatic carbocycles. The zero-order valence-corrected chi connectivity index (χ0v) is 11.2. The summed E-state index contributed by atoms with van der Waals surface area (Å²) in [6.07, 6.45) is -2.77. The second-order valence-electron chi connectivity index (χ2n) is 4.54. The third-order valence-electron chi connectivity index (χ3n) is 2.97. The monoisotopic (exact) mass is 291 g/mol. The molecule has 0 radical (unpaired) electrons. The molecule has 0 fully saturated rings. The lowest BCUT2D eigenvalue weighted by atomic mass is 10.1. The van der Waals surface area contributed by atoms with Gasteiger partial charge in [-0.1, -0.05) is 12.1 Å². The highest BCUT2D eigenvalue weighted by atomic mass is 19.4. The van der Waals surface area contributed by atoms with Crippen LogP contribution in [0.3, 0.4) is 0 Å². The lowest BCUT2D eigenvalue weighted by Gasteiger charge is -2.19. The maximum Gasteiger partial charge on any atom is 0.416 e. The van der Waals surface area contributed by atoms with Gasteiger partial charge in [0.05, 0.1) is 11.1 Å². The molecule has 0 bridgehead atoms. The van der Waals surface area contributed by atoms with Gasteiger partial charge in [-0.05, 0) is 29.8 Å². The Balaban J connectivity index is 2.17. The molecule has 2 rings (SSSR count). The zero-order chi connectivity index (χ0) is 15.5. The van der Waals surface area contributed by atoms with E-state index in [4.69, 9.17) is 5.26 Å². The van der Waals surface area contributed by atoms with Gasteiger partial charge in [-0.2, -0.15) is 18.4 Å². The predicted octanol–water partition coefficient (Wildman–Crippen LogP) is 3.61. The van der Waals surface area contributed by atoms with Crippen LogP contribution in [0.25, 0.3) is 0 Å². The molecule has 1 aromatic heterocycles. The van der Waals surface area contributed by atoms with Crippen molar-refractivity contribution in [1.82, 2.24) is 4.98 Å². The zero-order valence-electron chi connectivity index (χ0n) is 11.2. The van der Waals surface area contributed by atoms with Crippen LogP contribution in [0, 0.1) is 11.3 Å². The van der Waals surface area contributed by atoms with Crippen molar-refractivity contribution in [3.05, 3.63) is 59.3 Å². The fraction of sp³-hybridized carbons (Fsp3) is 0.200. The van der Waals surface area contributed by atoms with Crippen LogP contribution in [0.4, 0.5) is 19.0 Å². The number of alkyl halides is 3. The highest BCUT2D eigenvalue weighted by Crippen LogP contribution is 2.29. The van der Waals surface area contributed by atoms with Crippen molar-refractivity contribution in [1.29, 1.82) is 5.26 Å². The van der Waals surface area contributed by atoms with Gasteiger partial charge in [-0.3, -0.25) is 0 Å². The molecular formula is C15H12F3N3. The highest BCUT2D eigenvalue weighted by molar-refractivity contribution is 5.53. The molecular weight excluding hydrogens is 279 g/mol. The van der Waals surface area contributed by atoms with Gasteiger partial charge in [0.25, 0.3) is 0 Å². The number of nitrogens with zero attached hydrogens (tertiary/aromatic N) is 3. The van der Waals surface area contributed by atoms with Crippen molar-refractivity contribution >= 4 is 5.82 Å². The SMILES string of the molecule is CN(Cc1ccc(C(F)(F)F)cc1)c1ncccc1C#N. The van der Waals surface area contributed by atoms with Gasteiger partial charge in [-0.25, -0.2) is 4.98 Å². The molecule has 3 nitrogen and oxygen atoms in total. The van der Waals surface area contributed by atoms with Gasteiger partial charge in [-0.15, -0.1) is 0 Å². The van der Waals surface area contributed by atoms with Crippen LogP contribution in [-0.4, -0.2) is 12.0 Å². The number of aromatic nitrogens is 1. The van der Waals surface area contributed by atoms with Crippen molar-refractivity contribution in [2.75, 3.05) is 11.9 Å². The van der Waals surface area contributed by atoms with Crippen LogP contribution in [0.5, 0.6) is 0 Å². The number of rotatable bonds is 3. The number of pyridine rings is 1. The maximum absolute atomic E-state index is 12.5. The minimum atomic E-state index is -4.33. The number of hydrogen-bond acceptors (Lipinski definition) is 3. The van der Waals surface area contributed by atoms with E-state index in [1.54, 1.807) is 30.3 Å². The van der Waals surface area contributed by atoms with Gasteiger partial charge >= 0.3 is 6.18 Å². The Kier molecular flexibility index (Phi) is 4.13. The van der Waals surface area contributed by atoms with Crippen molar-refractivity contribution in [2.45, 2.75) is 12.7 Å². The quantitative estimate of drug-likeness (QED) is 0.867. The summed E-state index contributed by atoms with van der Waals surface area (Å²) in [5.74, 6) is 0.500. The first-order chi connectivity index (χ1) is 9.91. The summed E-state index contributed by atoms with van der Waals surface area (Å²) in [5.41, 5.74) is 0.455. The van der Waals surface area contributed by atoms with E-state index < -0.39 is 11.7 Å². The Bertz CT molecular complexity index is 657. The van der Waals surface area contributed by atoms with E-state index in [1.165, 1.54) is 12.1 Å². The van der Waals surface area contributed by atoms with E-state index in [-0.39, 0.29) is 0 Å². The van der Waals surface area contributed by atoms with E-state index >= 15 is 0 Å². The average molecular weight is 291 g/mol. The minimum Gasteiger partial charge on any atom is -0.354 e. The molecule has 108 valence electrons. The number of hydrogen-bond donors (Lipinski definition) is 0. The standard InChI is InChI=1S/C15H12F3N3/c1-21(14-12(9-19)3-2-8-20-14)10-11-4-6-13(7-5-11)15(16,17)18/h2-8H,10H2,1H3. The molecule has 0 aliphatic rings. The Labute approximate surface area is 120 Å². The number of nitriles is 1. The molecule has 0 N–H and O–H groups in total. The first kappa shape index (κ1) is 14.9. The third kappa shape index (κ3) is 3.51. The number of benzene rings is 1. The summed E-state index contributed by atoms with van der Waals surface area (Å²) in [4.78, 5) is 5.85. The molecule has 21 heavy (non-hydrogen) atoms. The Morgan fingerprint density at radius 2 is 1.86 bits per heavy atom. The normalized spacial score (nSPS) is 11.0. The second-order valence-corrected chi connectivity index (χ2v) is 4.54. The van der Waals surface area contributed by atoms with Crippen LogP contribution in [0.2, 0.25) is 0 Å². The van der Waals surface area contributed by atoms with Crippen molar-refractivity contribution in [3.63, 3.8) is 0 Å². The van der Waals surface area contributed by atoms with Crippen molar-refractivity contribution < 1.29 is 13.2 Å². The molecule has 0 spiro atoms. The van der Waals surface area contributed by atoms with Gasteiger partial charge in [0, 0.05) is 19.8 Å². The molecule has 0 saturated carbocycles.